The van der Waals surface area contributed by atoms with Crippen molar-refractivity contribution >= 4 is 65.9 Å². The number of benzene rings is 3. The van der Waals surface area contributed by atoms with E-state index in [2.05, 4.69) is 17.1 Å². The molecule has 1 N–H and O–H groups in total. The smallest absolute Gasteiger partial charge is 0.272 e. The molecule has 6 aromatic rings. The summed E-state index contributed by atoms with van der Waals surface area (Å²) in [5, 5.41) is 3.67. The first-order valence-corrected chi connectivity index (χ1v) is 13.2. The second kappa shape index (κ2) is 8.95. The highest BCUT2D eigenvalue weighted by molar-refractivity contribution is 7.98. The van der Waals surface area contributed by atoms with Crippen molar-refractivity contribution < 1.29 is 0 Å². The lowest BCUT2D eigenvalue weighted by Gasteiger charge is -2.12. The van der Waals surface area contributed by atoms with Crippen molar-refractivity contribution in [3.05, 3.63) is 105 Å². The highest BCUT2D eigenvalue weighted by Gasteiger charge is 2.17. The Bertz CT molecular complexity index is 1720. The van der Waals surface area contributed by atoms with Gasteiger partial charge in [-0.2, -0.15) is 0 Å². The summed E-state index contributed by atoms with van der Waals surface area (Å²) in [6.45, 7) is 0.558. The van der Waals surface area contributed by atoms with E-state index < -0.39 is 0 Å². The lowest BCUT2D eigenvalue weighted by atomic mass is 10.1. The van der Waals surface area contributed by atoms with Crippen molar-refractivity contribution in [3.8, 4) is 0 Å². The fraction of sp³-hybridized carbons (Fsp3) is 0.111. The highest BCUT2D eigenvalue weighted by atomic mass is 35.5. The van der Waals surface area contributed by atoms with E-state index in [0.717, 1.165) is 43.3 Å². The van der Waals surface area contributed by atoms with Crippen LogP contribution < -0.4 is 5.56 Å². The van der Waals surface area contributed by atoms with Crippen molar-refractivity contribution in [1.29, 1.82) is 0 Å². The fourth-order valence-electron chi connectivity index (χ4n) is 4.29. The van der Waals surface area contributed by atoms with Crippen LogP contribution in [0.4, 0.5) is 0 Å². The minimum atomic E-state index is 0.0210. The van der Waals surface area contributed by atoms with E-state index in [1.165, 1.54) is 22.3 Å². The first-order chi connectivity index (χ1) is 16.7. The highest BCUT2D eigenvalue weighted by Crippen LogP contribution is 2.33. The summed E-state index contributed by atoms with van der Waals surface area (Å²) >= 11 is 9.48. The number of nitrogens with one attached hydrogen (secondary N) is 1. The summed E-state index contributed by atoms with van der Waals surface area (Å²) in [5.41, 5.74) is 4.14. The summed E-state index contributed by atoms with van der Waals surface area (Å²) in [6, 6.07) is 24.2. The lowest BCUT2D eigenvalue weighted by Crippen LogP contribution is -2.23. The zero-order chi connectivity index (χ0) is 23.1. The van der Waals surface area contributed by atoms with Gasteiger partial charge >= 0.3 is 0 Å². The molecule has 0 fully saturated rings. The molecule has 3 heterocycles. The van der Waals surface area contributed by atoms with Crippen LogP contribution in [0.3, 0.4) is 0 Å². The van der Waals surface area contributed by atoms with Crippen molar-refractivity contribution in [2.24, 2.45) is 0 Å². The lowest BCUT2D eigenvalue weighted by molar-refractivity contribution is 0.598. The molecule has 0 amide bonds. The summed E-state index contributed by atoms with van der Waals surface area (Å²) in [5.74, 6) is 0.646. The van der Waals surface area contributed by atoms with E-state index >= 15 is 0 Å². The van der Waals surface area contributed by atoms with Gasteiger partial charge in [0.15, 0.2) is 5.16 Å². The second-order valence-electron chi connectivity index (χ2n) is 8.12. The van der Waals surface area contributed by atoms with E-state index in [-0.39, 0.29) is 5.56 Å². The molecule has 0 saturated heterocycles. The van der Waals surface area contributed by atoms with Gasteiger partial charge in [0.05, 0.1) is 5.52 Å². The minimum absolute atomic E-state index is 0.0210. The van der Waals surface area contributed by atoms with Crippen LogP contribution in [-0.2, 0) is 18.7 Å². The number of rotatable bonds is 6. The molecule has 0 aliphatic heterocycles. The maximum atomic E-state index is 13.7. The molecule has 0 aliphatic carbocycles. The van der Waals surface area contributed by atoms with Crippen LogP contribution in [0.25, 0.3) is 31.2 Å². The van der Waals surface area contributed by atoms with Gasteiger partial charge < -0.3 is 4.98 Å². The van der Waals surface area contributed by atoms with Crippen LogP contribution in [-0.4, -0.2) is 14.5 Å². The number of aryl methyl sites for hydroxylation is 1. The van der Waals surface area contributed by atoms with E-state index in [4.69, 9.17) is 16.6 Å². The number of hydrogen-bond acceptors (Lipinski definition) is 4. The average molecular weight is 502 g/mol. The molecule has 34 heavy (non-hydrogen) atoms. The summed E-state index contributed by atoms with van der Waals surface area (Å²) < 4.78 is 3.63. The third-order valence-corrected chi connectivity index (χ3v) is 8.58. The van der Waals surface area contributed by atoms with Crippen molar-refractivity contribution in [2.45, 2.75) is 23.9 Å². The Labute approximate surface area is 209 Å². The third-order valence-electron chi connectivity index (χ3n) is 6.04. The minimum Gasteiger partial charge on any atom is -0.361 e. The van der Waals surface area contributed by atoms with Crippen LogP contribution in [0, 0.1) is 0 Å². The SMILES string of the molecule is O=c1c2sc3ccccc3c2nc(SCc2ccccc2Cl)n1CCc1c[nH]c2ccccc12. The standard InChI is InChI=1S/C27H20ClN3OS2/c28-21-10-4-1-7-18(21)16-33-27-30-24-20-9-3-6-12-23(20)34-25(24)26(32)31(27)14-13-17-15-29-22-11-5-2-8-19(17)22/h1-12,15,29H,13-14,16H2. The Balaban J connectivity index is 1.43. The Morgan fingerprint density at radius 3 is 2.59 bits per heavy atom. The van der Waals surface area contributed by atoms with E-state index in [1.807, 2.05) is 71.4 Å². The zero-order valence-electron chi connectivity index (χ0n) is 18.1. The number of aromatic amines is 1. The maximum absolute atomic E-state index is 13.7. The molecule has 0 bridgehead atoms. The van der Waals surface area contributed by atoms with E-state index in [0.29, 0.717) is 17.0 Å². The van der Waals surface area contributed by atoms with Gasteiger partial charge in [0.25, 0.3) is 5.56 Å². The number of halogens is 1. The first kappa shape index (κ1) is 21.5. The van der Waals surface area contributed by atoms with Crippen LogP contribution in [0.5, 0.6) is 0 Å². The van der Waals surface area contributed by atoms with Crippen LogP contribution in [0.1, 0.15) is 11.1 Å². The quantitative estimate of drug-likeness (QED) is 0.193. The molecule has 0 atom stereocenters. The molecule has 168 valence electrons. The molecule has 0 saturated carbocycles. The van der Waals surface area contributed by atoms with E-state index in [1.54, 1.807) is 11.8 Å². The van der Waals surface area contributed by atoms with Crippen molar-refractivity contribution in [3.63, 3.8) is 0 Å². The monoisotopic (exact) mass is 501 g/mol. The number of thioether (sulfide) groups is 1. The number of thiophene rings is 1. The Hall–Kier alpha value is -3.06. The molecule has 6 rings (SSSR count). The largest absolute Gasteiger partial charge is 0.361 e. The number of nitrogens with zero attached hydrogens (tertiary/aromatic N) is 2. The molecular formula is C27H20ClN3OS2. The normalized spacial score (nSPS) is 11.7. The van der Waals surface area contributed by atoms with Crippen LogP contribution in [0.15, 0.2) is 88.9 Å². The molecule has 7 heteroatoms. The van der Waals surface area contributed by atoms with Gasteiger partial charge in [0, 0.05) is 44.5 Å². The molecule has 0 radical (unpaired) electrons. The Morgan fingerprint density at radius 2 is 1.71 bits per heavy atom. The number of H-pyrrole nitrogens is 1. The van der Waals surface area contributed by atoms with Crippen LogP contribution in [0.2, 0.25) is 5.02 Å². The average Bonchev–Trinajstić information content (AvgIpc) is 3.45. The Morgan fingerprint density at radius 1 is 0.941 bits per heavy atom. The van der Waals surface area contributed by atoms with E-state index in [9.17, 15) is 4.79 Å². The summed E-state index contributed by atoms with van der Waals surface area (Å²) in [4.78, 5) is 22.1. The molecule has 0 unspecified atom stereocenters. The van der Waals surface area contributed by atoms with Crippen molar-refractivity contribution in [1.82, 2.24) is 14.5 Å². The van der Waals surface area contributed by atoms with Gasteiger partial charge in [-0.25, -0.2) is 4.98 Å². The summed E-state index contributed by atoms with van der Waals surface area (Å²) in [7, 11) is 0. The number of para-hydroxylation sites is 1. The predicted molar refractivity (Wildman–Crippen MR) is 144 cm³/mol. The fourth-order valence-corrected chi connectivity index (χ4v) is 6.68. The Kier molecular flexibility index (Phi) is 5.65. The zero-order valence-corrected chi connectivity index (χ0v) is 20.5. The van der Waals surface area contributed by atoms with Gasteiger partial charge in [-0.1, -0.05) is 78.0 Å². The number of hydrogen-bond donors (Lipinski definition) is 1. The predicted octanol–water partition coefficient (Wildman–Crippen LogP) is 7.28. The molecule has 0 aliphatic rings. The van der Waals surface area contributed by atoms with Crippen LogP contribution >= 0.6 is 34.7 Å². The van der Waals surface area contributed by atoms with Gasteiger partial charge in [-0.3, -0.25) is 9.36 Å². The third kappa shape index (κ3) is 3.82. The molecule has 3 aromatic heterocycles. The van der Waals surface area contributed by atoms with Gasteiger partial charge in [-0.05, 0) is 35.7 Å². The first-order valence-electron chi connectivity index (χ1n) is 11.0. The maximum Gasteiger partial charge on any atom is 0.272 e. The van der Waals surface area contributed by atoms with Crippen molar-refractivity contribution in [2.75, 3.05) is 0 Å². The molecular weight excluding hydrogens is 482 g/mol. The molecule has 3 aromatic carbocycles. The van der Waals surface area contributed by atoms with Gasteiger partial charge in [-0.15, -0.1) is 11.3 Å². The number of aromatic nitrogens is 3. The molecule has 4 nitrogen and oxygen atoms in total. The summed E-state index contributed by atoms with van der Waals surface area (Å²) in [6.07, 6.45) is 2.78. The van der Waals surface area contributed by atoms with Gasteiger partial charge in [0.2, 0.25) is 0 Å². The molecule has 0 spiro atoms. The van der Waals surface area contributed by atoms with Gasteiger partial charge in [0.1, 0.15) is 4.70 Å². The number of fused-ring (bicyclic) bond motifs is 4. The second-order valence-corrected chi connectivity index (χ2v) is 10.5. The topological polar surface area (TPSA) is 50.7 Å².